The van der Waals surface area contributed by atoms with Gasteiger partial charge in [0.05, 0.1) is 0 Å². The van der Waals surface area contributed by atoms with Crippen molar-refractivity contribution in [2.45, 2.75) is 24.8 Å². The average molecular weight is 243 g/mol. The summed E-state index contributed by atoms with van der Waals surface area (Å²) in [5.41, 5.74) is 5.95. The Balaban J connectivity index is 1.96. The number of nitrogens with zero attached hydrogens (tertiary/aromatic N) is 2. The highest BCUT2D eigenvalue weighted by Gasteiger charge is 2.32. The van der Waals surface area contributed by atoms with Gasteiger partial charge < -0.3 is 11.1 Å². The highest BCUT2D eigenvalue weighted by atomic mass is 35.5. The van der Waals surface area contributed by atoms with Crippen LogP contribution in [0.1, 0.15) is 24.1 Å². The SMILES string of the molecule is N#Cc1sc(NCC2(N)CCC2)nc1Cl. The number of nitriles is 1. The number of hydrogen-bond acceptors (Lipinski definition) is 5. The monoisotopic (exact) mass is 242 g/mol. The van der Waals surface area contributed by atoms with Crippen molar-refractivity contribution in [2.75, 3.05) is 11.9 Å². The van der Waals surface area contributed by atoms with Crippen LogP contribution in [0.25, 0.3) is 0 Å². The predicted molar refractivity (Wildman–Crippen MR) is 61.1 cm³/mol. The van der Waals surface area contributed by atoms with Crippen molar-refractivity contribution >= 4 is 28.1 Å². The summed E-state index contributed by atoms with van der Waals surface area (Å²) in [6, 6.07) is 1.99. The zero-order chi connectivity index (χ0) is 10.9. The van der Waals surface area contributed by atoms with Gasteiger partial charge in [-0.25, -0.2) is 4.98 Å². The molecular weight excluding hydrogens is 232 g/mol. The van der Waals surface area contributed by atoms with Crippen LogP contribution in [0.3, 0.4) is 0 Å². The lowest BCUT2D eigenvalue weighted by Crippen LogP contribution is -2.51. The van der Waals surface area contributed by atoms with Gasteiger partial charge in [-0.05, 0) is 19.3 Å². The first-order valence-electron chi connectivity index (χ1n) is 4.72. The van der Waals surface area contributed by atoms with E-state index in [0.29, 0.717) is 16.6 Å². The summed E-state index contributed by atoms with van der Waals surface area (Å²) in [6.45, 7) is 0.696. The van der Waals surface area contributed by atoms with Crippen molar-refractivity contribution in [1.29, 1.82) is 5.26 Å². The van der Waals surface area contributed by atoms with Gasteiger partial charge in [-0.15, -0.1) is 0 Å². The Bertz CT molecular complexity index is 405. The first-order valence-corrected chi connectivity index (χ1v) is 5.92. The fourth-order valence-corrected chi connectivity index (χ4v) is 2.45. The molecule has 1 heterocycles. The molecule has 0 aromatic carbocycles. The Hall–Kier alpha value is -0.830. The van der Waals surface area contributed by atoms with E-state index >= 15 is 0 Å². The first kappa shape index (κ1) is 10.7. The molecule has 0 saturated heterocycles. The second-order valence-electron chi connectivity index (χ2n) is 3.82. The van der Waals surface area contributed by atoms with Crippen LogP contribution < -0.4 is 11.1 Å². The summed E-state index contributed by atoms with van der Waals surface area (Å²) in [5.74, 6) is 0. The van der Waals surface area contributed by atoms with Crippen molar-refractivity contribution in [2.24, 2.45) is 5.73 Å². The summed E-state index contributed by atoms with van der Waals surface area (Å²) in [7, 11) is 0. The third-order valence-corrected chi connectivity index (χ3v) is 3.93. The molecule has 1 aliphatic rings. The Kier molecular flexibility index (Phi) is 2.83. The van der Waals surface area contributed by atoms with Crippen molar-refractivity contribution in [3.63, 3.8) is 0 Å². The van der Waals surface area contributed by atoms with E-state index in [1.807, 2.05) is 6.07 Å². The van der Waals surface area contributed by atoms with E-state index in [0.717, 1.165) is 12.8 Å². The fourth-order valence-electron chi connectivity index (χ4n) is 1.51. The molecule has 1 aromatic heterocycles. The van der Waals surface area contributed by atoms with Crippen molar-refractivity contribution in [3.8, 4) is 6.07 Å². The molecule has 6 heteroatoms. The number of thiazole rings is 1. The van der Waals surface area contributed by atoms with Crippen LogP contribution >= 0.6 is 22.9 Å². The van der Waals surface area contributed by atoms with E-state index in [-0.39, 0.29) is 10.7 Å². The third-order valence-electron chi connectivity index (χ3n) is 2.63. The zero-order valence-corrected chi connectivity index (χ0v) is 9.66. The van der Waals surface area contributed by atoms with Crippen LogP contribution in [-0.2, 0) is 0 Å². The molecule has 80 valence electrons. The minimum atomic E-state index is -0.0923. The molecule has 15 heavy (non-hydrogen) atoms. The highest BCUT2D eigenvalue weighted by molar-refractivity contribution is 7.16. The molecule has 1 saturated carbocycles. The summed E-state index contributed by atoms with van der Waals surface area (Å²) in [4.78, 5) is 4.48. The van der Waals surface area contributed by atoms with Gasteiger partial charge in [0, 0.05) is 12.1 Å². The van der Waals surface area contributed by atoms with Crippen LogP contribution in [-0.4, -0.2) is 17.1 Å². The Morgan fingerprint density at radius 3 is 2.87 bits per heavy atom. The molecule has 3 N–H and O–H groups in total. The summed E-state index contributed by atoms with van der Waals surface area (Å²) >= 11 is 7.01. The van der Waals surface area contributed by atoms with Gasteiger partial charge >= 0.3 is 0 Å². The lowest BCUT2D eigenvalue weighted by Gasteiger charge is -2.38. The summed E-state index contributed by atoms with van der Waals surface area (Å²) < 4.78 is 0. The zero-order valence-electron chi connectivity index (χ0n) is 8.09. The smallest absolute Gasteiger partial charge is 0.185 e. The van der Waals surface area contributed by atoms with Crippen LogP contribution in [0.5, 0.6) is 0 Å². The number of halogens is 1. The van der Waals surface area contributed by atoms with Crippen LogP contribution in [0.2, 0.25) is 5.15 Å². The molecule has 2 rings (SSSR count). The molecule has 0 radical (unpaired) electrons. The molecule has 1 aromatic rings. The predicted octanol–water partition coefficient (Wildman–Crippen LogP) is 1.96. The largest absolute Gasteiger partial charge is 0.360 e. The van der Waals surface area contributed by atoms with Crippen LogP contribution in [0.4, 0.5) is 5.13 Å². The first-order chi connectivity index (χ1) is 7.13. The van der Waals surface area contributed by atoms with E-state index in [9.17, 15) is 0 Å². The van der Waals surface area contributed by atoms with E-state index in [2.05, 4.69) is 10.3 Å². The van der Waals surface area contributed by atoms with Crippen molar-refractivity contribution in [1.82, 2.24) is 4.98 Å². The molecule has 0 unspecified atom stereocenters. The third kappa shape index (κ3) is 2.23. The van der Waals surface area contributed by atoms with E-state index in [1.54, 1.807) is 0 Å². The Morgan fingerprint density at radius 1 is 1.67 bits per heavy atom. The second-order valence-corrected chi connectivity index (χ2v) is 5.18. The molecule has 0 spiro atoms. The standard InChI is InChI=1S/C9H11ClN4S/c10-7-6(4-11)15-8(14-7)13-5-9(12)2-1-3-9/h1-3,5,12H2,(H,13,14). The van der Waals surface area contributed by atoms with Crippen molar-refractivity contribution in [3.05, 3.63) is 10.0 Å². The molecule has 0 bridgehead atoms. The molecule has 1 aliphatic carbocycles. The van der Waals surface area contributed by atoms with Gasteiger partial charge in [0.2, 0.25) is 0 Å². The van der Waals surface area contributed by atoms with Gasteiger partial charge in [-0.3, -0.25) is 0 Å². The van der Waals surface area contributed by atoms with Gasteiger partial charge in [-0.2, -0.15) is 5.26 Å². The minimum absolute atomic E-state index is 0.0923. The normalized spacial score (nSPS) is 17.9. The Labute approximate surface area is 97.1 Å². The molecule has 0 atom stereocenters. The lowest BCUT2D eigenvalue weighted by molar-refractivity contribution is 0.265. The number of nitrogens with one attached hydrogen (secondary N) is 1. The van der Waals surface area contributed by atoms with E-state index in [4.69, 9.17) is 22.6 Å². The summed E-state index contributed by atoms with van der Waals surface area (Å²) in [6.07, 6.45) is 3.29. The highest BCUT2D eigenvalue weighted by Crippen LogP contribution is 2.31. The fraction of sp³-hybridized carbons (Fsp3) is 0.556. The summed E-state index contributed by atoms with van der Waals surface area (Å²) in [5, 5.41) is 12.8. The number of hydrogen-bond donors (Lipinski definition) is 2. The van der Waals surface area contributed by atoms with Crippen molar-refractivity contribution < 1.29 is 0 Å². The molecule has 4 nitrogen and oxygen atoms in total. The van der Waals surface area contributed by atoms with Gasteiger partial charge in [0.1, 0.15) is 10.9 Å². The number of anilines is 1. The quantitative estimate of drug-likeness (QED) is 0.850. The maximum atomic E-state index is 8.70. The topological polar surface area (TPSA) is 74.7 Å². The van der Waals surface area contributed by atoms with Crippen LogP contribution in [0, 0.1) is 11.3 Å². The van der Waals surface area contributed by atoms with E-state index in [1.165, 1.54) is 17.8 Å². The molecule has 0 aliphatic heterocycles. The second kappa shape index (κ2) is 3.97. The molecule has 1 fully saturated rings. The lowest BCUT2D eigenvalue weighted by atomic mass is 9.78. The van der Waals surface area contributed by atoms with Gasteiger partial charge in [0.25, 0.3) is 0 Å². The number of aromatic nitrogens is 1. The van der Waals surface area contributed by atoms with Gasteiger partial charge in [-0.1, -0.05) is 22.9 Å². The number of rotatable bonds is 3. The average Bonchev–Trinajstić information content (AvgIpc) is 2.53. The number of nitrogens with two attached hydrogens (primary N) is 1. The molecule has 0 amide bonds. The molecular formula is C9H11ClN4S. The van der Waals surface area contributed by atoms with Gasteiger partial charge in [0.15, 0.2) is 10.3 Å². The minimum Gasteiger partial charge on any atom is -0.360 e. The maximum Gasteiger partial charge on any atom is 0.185 e. The van der Waals surface area contributed by atoms with E-state index < -0.39 is 0 Å². The van der Waals surface area contributed by atoms with Crippen LogP contribution in [0.15, 0.2) is 0 Å². The maximum absolute atomic E-state index is 8.70. The Morgan fingerprint density at radius 2 is 2.40 bits per heavy atom.